The van der Waals surface area contributed by atoms with E-state index in [9.17, 15) is 18.0 Å². The van der Waals surface area contributed by atoms with Gasteiger partial charge in [0, 0.05) is 31.9 Å². The Morgan fingerprint density at radius 2 is 1.61 bits per heavy atom. The molecule has 0 bridgehead atoms. The molecule has 1 atom stereocenters. The van der Waals surface area contributed by atoms with E-state index >= 15 is 0 Å². The van der Waals surface area contributed by atoms with Crippen LogP contribution in [-0.4, -0.2) is 51.4 Å². The molecule has 38 heavy (non-hydrogen) atoms. The van der Waals surface area contributed by atoms with Crippen molar-refractivity contribution >= 4 is 27.6 Å². The van der Waals surface area contributed by atoms with Gasteiger partial charge in [-0.15, -0.1) is 0 Å². The molecule has 0 aliphatic carbocycles. The van der Waals surface area contributed by atoms with Crippen molar-refractivity contribution in [1.29, 1.82) is 0 Å². The molecule has 2 N–H and O–H groups in total. The molecule has 0 radical (unpaired) electrons. The summed E-state index contributed by atoms with van der Waals surface area (Å²) in [5, 5.41) is 2.63. The van der Waals surface area contributed by atoms with Crippen molar-refractivity contribution in [1.82, 2.24) is 4.72 Å². The van der Waals surface area contributed by atoms with Crippen LogP contribution in [0.2, 0.25) is 0 Å². The zero-order valence-electron chi connectivity index (χ0n) is 22.8. The van der Waals surface area contributed by atoms with E-state index in [0.717, 1.165) is 5.56 Å². The quantitative estimate of drug-likeness (QED) is 0.267. The third-order valence-electron chi connectivity index (χ3n) is 4.89. The van der Waals surface area contributed by atoms with Gasteiger partial charge in [-0.05, 0) is 52.3 Å². The average Bonchev–Trinajstić information content (AvgIpc) is 2.81. The lowest BCUT2D eigenvalue weighted by Gasteiger charge is -2.28. The van der Waals surface area contributed by atoms with E-state index in [1.54, 1.807) is 34.6 Å². The zero-order chi connectivity index (χ0) is 28.3. The highest BCUT2D eigenvalue weighted by molar-refractivity contribution is 7.89. The second-order valence-electron chi connectivity index (χ2n) is 9.41. The van der Waals surface area contributed by atoms with Gasteiger partial charge in [0.2, 0.25) is 15.9 Å². The van der Waals surface area contributed by atoms with Crippen LogP contribution in [0, 0.1) is 0 Å². The number of benzene rings is 2. The van der Waals surface area contributed by atoms with Crippen molar-refractivity contribution in [3.63, 3.8) is 0 Å². The third kappa shape index (κ3) is 10.4. The Labute approximate surface area is 225 Å². The SMILES string of the molecule is CCOC(OCC)C(CC(=O)OC(C)(C)C)NS(=O)(=O)c1ccc(NC(C)=O)cc1OCc1ccccc1. The van der Waals surface area contributed by atoms with E-state index in [1.807, 2.05) is 30.3 Å². The van der Waals surface area contributed by atoms with Crippen molar-refractivity contribution in [2.75, 3.05) is 18.5 Å². The van der Waals surface area contributed by atoms with Gasteiger partial charge in [0.1, 0.15) is 22.9 Å². The predicted octanol–water partition coefficient (Wildman–Crippen LogP) is 4.00. The van der Waals surface area contributed by atoms with Gasteiger partial charge in [0.05, 0.1) is 12.5 Å². The standard InChI is InChI=1S/C27H38N2O8S/c1-7-34-26(35-8-2)22(17-25(31)37-27(4,5)6)29-38(32,33)24-15-14-21(28-19(3)30)16-23(24)36-18-20-12-10-9-11-13-20/h9-16,22,26,29H,7-8,17-18H2,1-6H3,(H,28,30). The van der Waals surface area contributed by atoms with Crippen LogP contribution >= 0.6 is 0 Å². The molecule has 0 fully saturated rings. The first-order chi connectivity index (χ1) is 17.8. The topological polar surface area (TPSA) is 129 Å². The fourth-order valence-electron chi connectivity index (χ4n) is 3.49. The van der Waals surface area contributed by atoms with Crippen LogP contribution in [0.1, 0.15) is 53.5 Å². The first kappa shape index (κ1) is 31.2. The Balaban J connectivity index is 2.43. The lowest BCUT2D eigenvalue weighted by molar-refractivity contribution is -0.169. The lowest BCUT2D eigenvalue weighted by Crippen LogP contribution is -2.47. The van der Waals surface area contributed by atoms with Gasteiger partial charge in [0.25, 0.3) is 0 Å². The molecule has 0 spiro atoms. The number of amides is 1. The van der Waals surface area contributed by atoms with Crippen LogP contribution in [-0.2, 0) is 40.4 Å². The highest BCUT2D eigenvalue weighted by Crippen LogP contribution is 2.29. The molecule has 0 heterocycles. The molecular weight excluding hydrogens is 512 g/mol. The number of anilines is 1. The average molecular weight is 551 g/mol. The summed E-state index contributed by atoms with van der Waals surface area (Å²) in [6, 6.07) is 12.4. The van der Waals surface area contributed by atoms with Crippen molar-refractivity contribution in [3.8, 4) is 5.75 Å². The van der Waals surface area contributed by atoms with Crippen LogP contribution in [0.4, 0.5) is 5.69 Å². The summed E-state index contributed by atoms with van der Waals surface area (Å²) in [6.45, 7) is 10.5. The van der Waals surface area contributed by atoms with Gasteiger partial charge in [0.15, 0.2) is 6.29 Å². The van der Waals surface area contributed by atoms with Gasteiger partial charge < -0.3 is 24.3 Å². The molecule has 0 aliphatic rings. The molecule has 2 aromatic rings. The molecule has 11 heteroatoms. The van der Waals surface area contributed by atoms with E-state index in [4.69, 9.17) is 18.9 Å². The summed E-state index contributed by atoms with van der Waals surface area (Å²) in [4.78, 5) is 24.0. The normalized spacial score (nSPS) is 12.7. The van der Waals surface area contributed by atoms with E-state index in [-0.39, 0.29) is 42.8 Å². The molecule has 0 saturated carbocycles. The molecule has 1 amide bonds. The number of ether oxygens (including phenoxy) is 4. The van der Waals surface area contributed by atoms with Crippen molar-refractivity contribution in [2.24, 2.45) is 0 Å². The highest BCUT2D eigenvalue weighted by Gasteiger charge is 2.33. The molecule has 10 nitrogen and oxygen atoms in total. The maximum Gasteiger partial charge on any atom is 0.308 e. The van der Waals surface area contributed by atoms with Gasteiger partial charge in [-0.2, -0.15) is 0 Å². The first-order valence-electron chi connectivity index (χ1n) is 12.4. The van der Waals surface area contributed by atoms with Crippen LogP contribution < -0.4 is 14.8 Å². The number of carbonyl (C=O) groups excluding carboxylic acids is 2. The third-order valence-corrected chi connectivity index (χ3v) is 6.42. The van der Waals surface area contributed by atoms with Crippen molar-refractivity contribution in [2.45, 2.75) is 77.4 Å². The number of hydrogen-bond acceptors (Lipinski definition) is 8. The summed E-state index contributed by atoms with van der Waals surface area (Å²) in [5.74, 6) is -0.911. The van der Waals surface area contributed by atoms with Crippen LogP contribution in [0.15, 0.2) is 53.4 Å². The molecule has 0 saturated heterocycles. The molecular formula is C27H38N2O8S. The van der Waals surface area contributed by atoms with Crippen molar-refractivity contribution < 1.29 is 37.0 Å². The number of esters is 1. The summed E-state index contributed by atoms with van der Waals surface area (Å²) >= 11 is 0. The zero-order valence-corrected chi connectivity index (χ0v) is 23.6. The minimum atomic E-state index is -4.27. The fraction of sp³-hybridized carbons (Fsp3) is 0.481. The Kier molecular flexibility index (Phi) is 11.7. The summed E-state index contributed by atoms with van der Waals surface area (Å²) in [6.07, 6.45) is -1.37. The molecule has 0 aromatic heterocycles. The van der Waals surface area contributed by atoms with Crippen LogP contribution in [0.3, 0.4) is 0 Å². The number of nitrogens with one attached hydrogen (secondary N) is 2. The maximum absolute atomic E-state index is 13.6. The van der Waals surface area contributed by atoms with Crippen LogP contribution in [0.25, 0.3) is 0 Å². The molecule has 1 unspecified atom stereocenters. The van der Waals surface area contributed by atoms with E-state index in [1.165, 1.54) is 25.1 Å². The highest BCUT2D eigenvalue weighted by atomic mass is 32.2. The molecule has 210 valence electrons. The summed E-state index contributed by atoms with van der Waals surface area (Å²) in [5.41, 5.74) is 0.432. The van der Waals surface area contributed by atoms with E-state index in [2.05, 4.69) is 10.0 Å². The van der Waals surface area contributed by atoms with Crippen LogP contribution in [0.5, 0.6) is 5.75 Å². The Morgan fingerprint density at radius 1 is 0.974 bits per heavy atom. The number of sulfonamides is 1. The molecule has 2 aromatic carbocycles. The summed E-state index contributed by atoms with van der Waals surface area (Å²) < 4.78 is 52.4. The van der Waals surface area contributed by atoms with E-state index < -0.39 is 33.9 Å². The maximum atomic E-state index is 13.6. The number of carbonyl (C=O) groups is 2. The molecule has 0 aliphatic heterocycles. The number of hydrogen-bond donors (Lipinski definition) is 2. The summed E-state index contributed by atoms with van der Waals surface area (Å²) in [7, 11) is -4.27. The second kappa shape index (κ2) is 14.2. The smallest absolute Gasteiger partial charge is 0.308 e. The Morgan fingerprint density at radius 3 is 2.16 bits per heavy atom. The fourth-order valence-corrected chi connectivity index (χ4v) is 4.84. The molecule has 2 rings (SSSR count). The first-order valence-corrected chi connectivity index (χ1v) is 13.9. The number of rotatable bonds is 14. The van der Waals surface area contributed by atoms with Gasteiger partial charge in [-0.25, -0.2) is 13.1 Å². The van der Waals surface area contributed by atoms with Gasteiger partial charge in [-0.1, -0.05) is 30.3 Å². The predicted molar refractivity (Wildman–Crippen MR) is 143 cm³/mol. The van der Waals surface area contributed by atoms with Crippen molar-refractivity contribution in [3.05, 3.63) is 54.1 Å². The minimum absolute atomic E-state index is 0.0213. The second-order valence-corrected chi connectivity index (χ2v) is 11.1. The Bertz CT molecular complexity index is 1160. The lowest BCUT2D eigenvalue weighted by atomic mass is 10.1. The monoisotopic (exact) mass is 550 g/mol. The van der Waals surface area contributed by atoms with Gasteiger partial charge >= 0.3 is 5.97 Å². The Hall–Kier alpha value is -2.99. The van der Waals surface area contributed by atoms with Gasteiger partial charge in [-0.3, -0.25) is 9.59 Å². The minimum Gasteiger partial charge on any atom is -0.487 e. The largest absolute Gasteiger partial charge is 0.487 e. The van der Waals surface area contributed by atoms with E-state index in [0.29, 0.717) is 5.69 Å².